The Morgan fingerprint density at radius 1 is 0.403 bits per heavy atom. The lowest BCUT2D eigenvalue weighted by Crippen LogP contribution is -2.03. The van der Waals surface area contributed by atoms with Crippen LogP contribution in [-0.4, -0.2) is 24.1 Å². The van der Waals surface area contributed by atoms with Crippen molar-refractivity contribution in [3.05, 3.63) is 224 Å². The minimum atomic E-state index is 0.417. The summed E-state index contributed by atoms with van der Waals surface area (Å²) in [5.41, 5.74) is 12.1. The number of hydrogen-bond donors (Lipinski definition) is 0. The summed E-state index contributed by atoms with van der Waals surface area (Å²) in [6.07, 6.45) is 0. The van der Waals surface area contributed by atoms with Crippen LogP contribution in [0, 0.1) is 11.3 Å². The molecule has 7 nitrogen and oxygen atoms in total. The normalized spacial score (nSPS) is 11.9. The number of thiophene rings is 1. The Labute approximate surface area is 415 Å². The van der Waals surface area contributed by atoms with Gasteiger partial charge in [-0.2, -0.15) is 5.26 Å². The molecule has 0 unspecified atom stereocenters. The van der Waals surface area contributed by atoms with Gasteiger partial charge in [0.1, 0.15) is 17.3 Å². The van der Waals surface area contributed by atoms with Gasteiger partial charge < -0.3 is 13.6 Å². The topological polar surface area (TPSA) is 85.5 Å². The number of nitrogens with zero attached hydrogens (tertiary/aromatic N) is 6. The summed E-state index contributed by atoms with van der Waals surface area (Å²) in [7, 11) is 0. The summed E-state index contributed by atoms with van der Waals surface area (Å²) in [6.45, 7) is 0. The van der Waals surface area contributed by atoms with E-state index in [0.29, 0.717) is 45.5 Å². The van der Waals surface area contributed by atoms with Gasteiger partial charge in [0.25, 0.3) is 0 Å². The Balaban J connectivity index is 1.06. The van der Waals surface area contributed by atoms with E-state index < -0.39 is 0 Å². The number of benzene rings is 10. The van der Waals surface area contributed by atoms with Crippen molar-refractivity contribution in [2.45, 2.75) is 0 Å². The van der Waals surface area contributed by atoms with E-state index in [1.165, 1.54) is 20.2 Å². The van der Waals surface area contributed by atoms with Crippen molar-refractivity contribution >= 4 is 97.1 Å². The molecule has 15 rings (SSSR count). The lowest BCUT2D eigenvalue weighted by Gasteiger charge is -2.15. The van der Waals surface area contributed by atoms with E-state index >= 15 is 0 Å². The number of rotatable bonds is 6. The fourth-order valence-electron chi connectivity index (χ4n) is 11.0. The summed E-state index contributed by atoms with van der Waals surface area (Å²) in [5.74, 6) is 1.51. The maximum Gasteiger partial charge on any atom is 0.164 e. The highest BCUT2D eigenvalue weighted by Gasteiger charge is 2.27. The van der Waals surface area contributed by atoms with Crippen molar-refractivity contribution in [3.8, 4) is 62.7 Å². The molecule has 0 atom stereocenters. The molecule has 0 amide bonds. The van der Waals surface area contributed by atoms with Crippen molar-refractivity contribution in [2.24, 2.45) is 0 Å². The molecule has 0 bridgehead atoms. The number of para-hydroxylation sites is 3. The zero-order valence-corrected chi connectivity index (χ0v) is 39.1. The van der Waals surface area contributed by atoms with E-state index in [1.807, 2.05) is 96.3 Å². The molecule has 0 aliphatic rings. The minimum Gasteiger partial charge on any atom is -0.454 e. The van der Waals surface area contributed by atoms with Crippen LogP contribution in [-0.2, 0) is 0 Å². The van der Waals surface area contributed by atoms with Crippen molar-refractivity contribution in [1.82, 2.24) is 24.1 Å². The van der Waals surface area contributed by atoms with Crippen LogP contribution in [0.25, 0.3) is 142 Å². The molecule has 0 saturated carbocycles. The van der Waals surface area contributed by atoms with E-state index in [-0.39, 0.29) is 0 Å². The molecule has 8 heteroatoms. The molecule has 0 N–H and O–H groups in total. The maximum absolute atomic E-state index is 11.6. The summed E-state index contributed by atoms with van der Waals surface area (Å²) in [4.78, 5) is 15.4. The number of aromatic nitrogens is 5. The van der Waals surface area contributed by atoms with Gasteiger partial charge in [0.15, 0.2) is 23.1 Å². The monoisotopic (exact) mass is 936 g/mol. The summed E-state index contributed by atoms with van der Waals surface area (Å²) in [5, 5.41) is 20.2. The third-order valence-electron chi connectivity index (χ3n) is 14.2. The summed E-state index contributed by atoms with van der Waals surface area (Å²) in [6, 6.07) is 78.6. The van der Waals surface area contributed by atoms with E-state index in [2.05, 4.69) is 149 Å². The highest BCUT2D eigenvalue weighted by molar-refractivity contribution is 7.25. The van der Waals surface area contributed by atoms with E-state index in [1.54, 1.807) is 0 Å². The Morgan fingerprint density at radius 2 is 0.958 bits per heavy atom. The maximum atomic E-state index is 11.6. The predicted molar refractivity (Wildman–Crippen MR) is 295 cm³/mol. The second-order valence-corrected chi connectivity index (χ2v) is 19.3. The molecule has 334 valence electrons. The predicted octanol–water partition coefficient (Wildman–Crippen LogP) is 16.9. The van der Waals surface area contributed by atoms with Gasteiger partial charge in [0, 0.05) is 74.9 Å². The van der Waals surface area contributed by atoms with Crippen LogP contribution in [0.5, 0.6) is 0 Å². The van der Waals surface area contributed by atoms with E-state index in [4.69, 9.17) is 19.4 Å². The van der Waals surface area contributed by atoms with E-state index in [0.717, 1.165) is 82.3 Å². The molecule has 15 aromatic rings. The van der Waals surface area contributed by atoms with Gasteiger partial charge in [-0.25, -0.2) is 15.0 Å². The summed E-state index contributed by atoms with van der Waals surface area (Å²) >= 11 is 1.83. The van der Waals surface area contributed by atoms with Crippen molar-refractivity contribution in [3.63, 3.8) is 0 Å². The first-order chi connectivity index (χ1) is 35.6. The molecule has 5 aromatic heterocycles. The molecule has 0 spiro atoms. The van der Waals surface area contributed by atoms with Crippen LogP contribution >= 0.6 is 11.3 Å². The molecule has 0 aliphatic heterocycles. The molecule has 10 aromatic carbocycles. The first kappa shape index (κ1) is 40.2. The van der Waals surface area contributed by atoms with Crippen LogP contribution < -0.4 is 0 Å². The second-order valence-electron chi connectivity index (χ2n) is 18.2. The Kier molecular flexibility index (Phi) is 8.76. The third kappa shape index (κ3) is 6.05. The summed E-state index contributed by atoms with van der Waals surface area (Å²) < 4.78 is 14.2. The van der Waals surface area contributed by atoms with Gasteiger partial charge in [0.05, 0.1) is 27.6 Å². The molecule has 72 heavy (non-hydrogen) atoms. The molecular weight excluding hydrogens is 901 g/mol. The van der Waals surface area contributed by atoms with Crippen molar-refractivity contribution in [2.75, 3.05) is 0 Å². The number of fused-ring (bicyclic) bond motifs is 12. The molecule has 0 fully saturated rings. The average Bonchev–Trinajstić information content (AvgIpc) is 4.20. The number of hydrogen-bond acceptors (Lipinski definition) is 6. The van der Waals surface area contributed by atoms with Gasteiger partial charge in [-0.15, -0.1) is 11.3 Å². The first-order valence-corrected chi connectivity index (χ1v) is 24.7. The first-order valence-electron chi connectivity index (χ1n) is 23.9. The molecule has 0 aliphatic carbocycles. The van der Waals surface area contributed by atoms with Gasteiger partial charge in [-0.1, -0.05) is 146 Å². The number of nitriles is 1. The molecular formula is C64H36N6OS. The number of furan rings is 1. The highest BCUT2D eigenvalue weighted by Crippen LogP contribution is 2.47. The van der Waals surface area contributed by atoms with Gasteiger partial charge >= 0.3 is 0 Å². The molecule has 0 saturated heterocycles. The Bertz CT molecular complexity index is 4690. The van der Waals surface area contributed by atoms with Gasteiger partial charge in [0.2, 0.25) is 0 Å². The van der Waals surface area contributed by atoms with Crippen molar-refractivity contribution in [1.29, 1.82) is 5.26 Å². The van der Waals surface area contributed by atoms with Crippen LogP contribution in [0.4, 0.5) is 0 Å². The van der Waals surface area contributed by atoms with Gasteiger partial charge in [-0.05, 0) is 83.9 Å². The highest BCUT2D eigenvalue weighted by atomic mass is 32.1. The van der Waals surface area contributed by atoms with E-state index in [9.17, 15) is 5.26 Å². The van der Waals surface area contributed by atoms with Crippen LogP contribution in [0.1, 0.15) is 5.56 Å². The zero-order chi connectivity index (χ0) is 47.4. The smallest absolute Gasteiger partial charge is 0.164 e. The minimum absolute atomic E-state index is 0.417. The quantitative estimate of drug-likeness (QED) is 0.166. The molecule has 5 heterocycles. The second kappa shape index (κ2) is 15.7. The SMILES string of the molecule is N#Cc1cc(-c2nc(-c3ccccc3)nc(-c3ccccc3)n2)c2c(oc3ccccc32)c1-n1c2ccc(-c3ccc4sc5ccccc5c4c3)cc2c2cc3c4ccccc4n(-c4ccccc4)c3cc21. The Hall–Kier alpha value is -9.68. The lowest BCUT2D eigenvalue weighted by molar-refractivity contribution is 0.666. The zero-order valence-electron chi connectivity index (χ0n) is 38.3. The van der Waals surface area contributed by atoms with Crippen LogP contribution in [0.15, 0.2) is 223 Å². The van der Waals surface area contributed by atoms with Gasteiger partial charge in [-0.3, -0.25) is 0 Å². The van der Waals surface area contributed by atoms with Crippen LogP contribution in [0.2, 0.25) is 0 Å². The molecule has 0 radical (unpaired) electrons. The fourth-order valence-corrected chi connectivity index (χ4v) is 12.0. The largest absolute Gasteiger partial charge is 0.454 e. The standard InChI is InChI=1S/C64H36N6OS/c65-37-42-34-51(64-67-62(38-16-4-1-5-17-38)66-63(68-64)39-18-6-2-7-19-39)59-46-24-11-14-26-56(46)71-61(59)60(42)70-53-30-28-40(41-29-31-58-50(33-41)45-23-12-15-27-57(45)72-58)32-47(53)49-35-48-44-22-10-13-25-52(44)69(54(48)36-55(49)70)43-20-8-3-9-21-43/h1-36H. The fraction of sp³-hybridized carbons (Fsp3) is 0. The Morgan fingerprint density at radius 3 is 1.71 bits per heavy atom. The van der Waals surface area contributed by atoms with Crippen LogP contribution in [0.3, 0.4) is 0 Å². The van der Waals surface area contributed by atoms with Crippen molar-refractivity contribution < 1.29 is 4.42 Å². The lowest BCUT2D eigenvalue weighted by atomic mass is 9.99. The third-order valence-corrected chi connectivity index (χ3v) is 15.3. The average molecular weight is 937 g/mol.